The highest BCUT2D eigenvalue weighted by molar-refractivity contribution is 5.90. The van der Waals surface area contributed by atoms with Crippen LogP contribution in [-0.2, 0) is 6.42 Å². The van der Waals surface area contributed by atoms with Gasteiger partial charge in [0, 0.05) is 0 Å². The van der Waals surface area contributed by atoms with Crippen LogP contribution in [0.15, 0.2) is 66.7 Å². The highest BCUT2D eigenvalue weighted by atomic mass is 14.1. The molecular formula is C22H24. The van der Waals surface area contributed by atoms with E-state index < -0.39 is 0 Å². The van der Waals surface area contributed by atoms with Crippen LogP contribution in [0.3, 0.4) is 0 Å². The van der Waals surface area contributed by atoms with E-state index in [1.54, 1.807) is 0 Å². The molecule has 3 aromatic carbocycles. The number of rotatable bonds is 6. The third-order valence-electron chi connectivity index (χ3n) is 4.35. The van der Waals surface area contributed by atoms with E-state index >= 15 is 0 Å². The molecule has 22 heavy (non-hydrogen) atoms. The van der Waals surface area contributed by atoms with Crippen molar-refractivity contribution in [3.05, 3.63) is 72.3 Å². The fourth-order valence-electron chi connectivity index (χ4n) is 3.14. The average Bonchev–Trinajstić information content (AvgIpc) is 2.59. The van der Waals surface area contributed by atoms with Crippen LogP contribution in [0.1, 0.15) is 38.2 Å². The van der Waals surface area contributed by atoms with Gasteiger partial charge < -0.3 is 0 Å². The highest BCUT2D eigenvalue weighted by Crippen LogP contribution is 2.28. The lowest BCUT2D eigenvalue weighted by Crippen LogP contribution is -1.90. The molecule has 0 saturated carbocycles. The summed E-state index contributed by atoms with van der Waals surface area (Å²) >= 11 is 0. The maximum absolute atomic E-state index is 2.39. The Kier molecular flexibility index (Phi) is 4.90. The minimum absolute atomic E-state index is 1.18. The molecule has 3 rings (SSSR count). The lowest BCUT2D eigenvalue weighted by atomic mass is 9.94. The van der Waals surface area contributed by atoms with Crippen LogP contribution in [-0.4, -0.2) is 0 Å². The molecular weight excluding hydrogens is 264 g/mol. The summed E-state index contributed by atoms with van der Waals surface area (Å²) < 4.78 is 0. The Morgan fingerprint density at radius 2 is 1.45 bits per heavy atom. The van der Waals surface area contributed by atoms with Crippen molar-refractivity contribution in [2.24, 2.45) is 0 Å². The van der Waals surface area contributed by atoms with Gasteiger partial charge in [-0.2, -0.15) is 0 Å². The van der Waals surface area contributed by atoms with Gasteiger partial charge in [-0.3, -0.25) is 0 Å². The molecule has 0 N–H and O–H groups in total. The molecule has 0 bridgehead atoms. The molecule has 0 atom stereocenters. The number of hydrogen-bond donors (Lipinski definition) is 0. The first-order valence-electron chi connectivity index (χ1n) is 8.45. The van der Waals surface area contributed by atoms with Crippen molar-refractivity contribution in [1.29, 1.82) is 0 Å². The molecule has 0 spiro atoms. The molecule has 0 unspecified atom stereocenters. The van der Waals surface area contributed by atoms with Crippen molar-refractivity contribution in [2.75, 3.05) is 0 Å². The average molecular weight is 288 g/mol. The van der Waals surface area contributed by atoms with Crippen molar-refractivity contribution in [3.8, 4) is 11.1 Å². The fourth-order valence-corrected chi connectivity index (χ4v) is 3.14. The second-order valence-corrected chi connectivity index (χ2v) is 6.03. The van der Waals surface area contributed by atoms with Crippen molar-refractivity contribution >= 4 is 10.8 Å². The van der Waals surface area contributed by atoms with Crippen molar-refractivity contribution < 1.29 is 0 Å². The summed E-state index contributed by atoms with van der Waals surface area (Å²) in [5, 5.41) is 2.77. The first-order chi connectivity index (χ1) is 10.9. The summed E-state index contributed by atoms with van der Waals surface area (Å²) in [4.78, 5) is 0. The van der Waals surface area contributed by atoms with Gasteiger partial charge in [0.05, 0.1) is 0 Å². The Hall–Kier alpha value is -2.08. The van der Waals surface area contributed by atoms with Gasteiger partial charge in [-0.05, 0) is 46.4 Å². The van der Waals surface area contributed by atoms with Gasteiger partial charge in [0.15, 0.2) is 0 Å². The van der Waals surface area contributed by atoms with Crippen molar-refractivity contribution in [1.82, 2.24) is 0 Å². The maximum atomic E-state index is 2.39. The molecule has 0 aliphatic carbocycles. The zero-order valence-electron chi connectivity index (χ0n) is 13.4. The topological polar surface area (TPSA) is 0 Å². The lowest BCUT2D eigenvalue weighted by Gasteiger charge is -2.11. The number of fused-ring (bicyclic) bond motifs is 1. The molecule has 0 aliphatic rings. The van der Waals surface area contributed by atoms with Gasteiger partial charge in [0.1, 0.15) is 0 Å². The molecule has 0 aromatic heterocycles. The van der Waals surface area contributed by atoms with Gasteiger partial charge in [0.25, 0.3) is 0 Å². The summed E-state index contributed by atoms with van der Waals surface area (Å²) in [6, 6.07) is 24.2. The molecule has 0 heterocycles. The second-order valence-electron chi connectivity index (χ2n) is 6.03. The molecule has 112 valence electrons. The quantitative estimate of drug-likeness (QED) is 0.446. The van der Waals surface area contributed by atoms with E-state index in [4.69, 9.17) is 0 Å². The Morgan fingerprint density at radius 3 is 2.27 bits per heavy atom. The zero-order valence-corrected chi connectivity index (χ0v) is 13.4. The normalized spacial score (nSPS) is 11.0. The van der Waals surface area contributed by atoms with E-state index in [2.05, 4.69) is 73.7 Å². The summed E-state index contributed by atoms with van der Waals surface area (Å²) in [5.74, 6) is 0. The monoisotopic (exact) mass is 288 g/mol. The summed E-state index contributed by atoms with van der Waals surface area (Å²) in [7, 11) is 0. The van der Waals surface area contributed by atoms with Crippen molar-refractivity contribution in [3.63, 3.8) is 0 Å². The van der Waals surface area contributed by atoms with Gasteiger partial charge in [-0.25, -0.2) is 0 Å². The third-order valence-corrected chi connectivity index (χ3v) is 4.35. The number of unbranched alkanes of at least 4 members (excludes halogenated alkanes) is 3. The number of benzene rings is 3. The molecule has 0 nitrogen and oxygen atoms in total. The van der Waals surface area contributed by atoms with E-state index in [-0.39, 0.29) is 0 Å². The van der Waals surface area contributed by atoms with E-state index in [1.807, 2.05) is 0 Å². The van der Waals surface area contributed by atoms with Crippen LogP contribution < -0.4 is 0 Å². The minimum Gasteiger partial charge on any atom is -0.0654 e. The molecule has 0 fully saturated rings. The van der Waals surface area contributed by atoms with E-state index in [9.17, 15) is 0 Å². The SMILES string of the molecule is CCCCCCc1cc(-c2ccccc2)cc2ccccc12. The maximum Gasteiger partial charge on any atom is -0.0151 e. The van der Waals surface area contributed by atoms with E-state index in [0.717, 1.165) is 0 Å². The third kappa shape index (κ3) is 3.39. The Balaban J connectivity index is 1.97. The Labute approximate surface area is 133 Å². The van der Waals surface area contributed by atoms with Crippen LogP contribution >= 0.6 is 0 Å². The molecule has 0 heteroatoms. The minimum atomic E-state index is 1.18. The molecule has 0 amide bonds. The predicted molar refractivity (Wildman–Crippen MR) is 97.2 cm³/mol. The van der Waals surface area contributed by atoms with Gasteiger partial charge in [0.2, 0.25) is 0 Å². The van der Waals surface area contributed by atoms with Gasteiger partial charge >= 0.3 is 0 Å². The fraction of sp³-hybridized carbons (Fsp3) is 0.273. The molecule has 0 radical (unpaired) electrons. The van der Waals surface area contributed by atoms with Crippen LogP contribution in [0.25, 0.3) is 21.9 Å². The van der Waals surface area contributed by atoms with Crippen LogP contribution in [0.2, 0.25) is 0 Å². The van der Waals surface area contributed by atoms with Gasteiger partial charge in [-0.15, -0.1) is 0 Å². The predicted octanol–water partition coefficient (Wildman–Crippen LogP) is 6.63. The smallest absolute Gasteiger partial charge is 0.0151 e. The number of aryl methyl sites for hydroxylation is 1. The van der Waals surface area contributed by atoms with Crippen LogP contribution in [0.4, 0.5) is 0 Å². The summed E-state index contributed by atoms with van der Waals surface area (Å²) in [6.45, 7) is 2.27. The van der Waals surface area contributed by atoms with E-state index in [1.165, 1.54) is 59.6 Å². The molecule has 0 saturated heterocycles. The van der Waals surface area contributed by atoms with Crippen LogP contribution in [0, 0.1) is 0 Å². The standard InChI is InChI=1S/C22H24/c1-2-3-4-6-13-19-16-21(18-11-7-5-8-12-18)17-20-14-9-10-15-22(19)20/h5,7-12,14-17H,2-4,6,13H2,1H3. The number of hydrogen-bond acceptors (Lipinski definition) is 0. The lowest BCUT2D eigenvalue weighted by molar-refractivity contribution is 0.668. The molecule has 3 aromatic rings. The van der Waals surface area contributed by atoms with Gasteiger partial charge in [-0.1, -0.05) is 86.8 Å². The summed E-state index contributed by atoms with van der Waals surface area (Å²) in [6.07, 6.45) is 6.44. The first-order valence-corrected chi connectivity index (χ1v) is 8.45. The summed E-state index contributed by atoms with van der Waals surface area (Å²) in [5.41, 5.74) is 4.14. The highest BCUT2D eigenvalue weighted by Gasteiger charge is 2.05. The van der Waals surface area contributed by atoms with Crippen LogP contribution in [0.5, 0.6) is 0 Å². The Bertz CT molecular complexity index is 725. The van der Waals surface area contributed by atoms with Crippen molar-refractivity contribution in [2.45, 2.75) is 39.0 Å². The molecule has 0 aliphatic heterocycles. The largest absolute Gasteiger partial charge is 0.0654 e. The first kappa shape index (κ1) is 14.8. The van der Waals surface area contributed by atoms with E-state index in [0.29, 0.717) is 0 Å². The zero-order chi connectivity index (χ0) is 15.2. The second kappa shape index (κ2) is 7.26. The Morgan fingerprint density at radius 1 is 0.682 bits per heavy atom.